The first-order valence-electron chi connectivity index (χ1n) is 11.7. The molecule has 15 heteroatoms. The van der Waals surface area contributed by atoms with Gasteiger partial charge in [0, 0.05) is 24.8 Å². The molecule has 2 aromatic heterocycles. The van der Waals surface area contributed by atoms with Crippen LogP contribution in [0.5, 0.6) is 0 Å². The Hall–Kier alpha value is -4.01. The highest BCUT2D eigenvalue weighted by Gasteiger charge is 2.37. The van der Waals surface area contributed by atoms with Crippen LogP contribution in [0.3, 0.4) is 0 Å². The summed E-state index contributed by atoms with van der Waals surface area (Å²) >= 11 is 0. The average molecular weight is 556 g/mol. The third-order valence-electron chi connectivity index (χ3n) is 6.12. The fraction of sp³-hybridized carbons (Fsp3) is 0.375. The van der Waals surface area contributed by atoms with Crippen LogP contribution in [0.2, 0.25) is 0 Å². The number of benzene rings is 1. The molecule has 1 aliphatic heterocycles. The van der Waals surface area contributed by atoms with Gasteiger partial charge in [-0.2, -0.15) is 36.1 Å². The molecule has 0 spiro atoms. The summed E-state index contributed by atoms with van der Waals surface area (Å²) in [6.07, 6.45) is -7.25. The van der Waals surface area contributed by atoms with Crippen molar-refractivity contribution in [1.82, 2.24) is 30.0 Å². The summed E-state index contributed by atoms with van der Waals surface area (Å²) in [7, 11) is 0. The second-order valence-corrected chi connectivity index (χ2v) is 8.95. The Morgan fingerprint density at radius 3 is 2.13 bits per heavy atom. The van der Waals surface area contributed by atoms with E-state index >= 15 is 0 Å². The Bertz CT molecular complexity index is 1320. The quantitative estimate of drug-likeness (QED) is 0.463. The van der Waals surface area contributed by atoms with E-state index in [1.165, 1.54) is 29.9 Å². The van der Waals surface area contributed by atoms with Crippen LogP contribution in [0.4, 0.5) is 26.3 Å². The second-order valence-electron chi connectivity index (χ2n) is 8.95. The van der Waals surface area contributed by atoms with Gasteiger partial charge in [-0.05, 0) is 50.1 Å². The van der Waals surface area contributed by atoms with Gasteiger partial charge in [-0.3, -0.25) is 9.59 Å². The van der Waals surface area contributed by atoms with Gasteiger partial charge in [0.1, 0.15) is 6.33 Å². The van der Waals surface area contributed by atoms with Gasteiger partial charge < -0.3 is 15.3 Å². The maximum absolute atomic E-state index is 13.2. The first-order chi connectivity index (χ1) is 18.2. The molecule has 1 aromatic carbocycles. The number of amides is 2. The number of carbonyl (C=O) groups is 2. The molecule has 3 heterocycles. The summed E-state index contributed by atoms with van der Waals surface area (Å²) in [6, 6.07) is 2.58. The number of likely N-dealkylation sites (tertiary alicyclic amines) is 1. The van der Waals surface area contributed by atoms with Crippen molar-refractivity contribution in [3.63, 3.8) is 0 Å². The standard InChI is InChI=1S/C24H22F6N6O3/c1-13(34-21(38)15-8-16(23(25,26)27)10-17(9-15)24(28,29)30)20-32-12-33-36(20)19-3-2-14(11-31-19)22(39)35-6-4-18(37)5-7-35/h2-3,8-13,18,37H,4-7H2,1H3,(H,34,38)/t13-/m0/s1. The molecule has 2 amide bonds. The number of aliphatic hydroxyl groups is 1. The minimum Gasteiger partial charge on any atom is -0.393 e. The highest BCUT2D eigenvalue weighted by Crippen LogP contribution is 2.36. The Balaban J connectivity index is 1.52. The largest absolute Gasteiger partial charge is 0.416 e. The van der Waals surface area contributed by atoms with Crippen LogP contribution >= 0.6 is 0 Å². The molecule has 0 unspecified atom stereocenters. The first kappa shape index (κ1) is 28.0. The van der Waals surface area contributed by atoms with E-state index in [-0.39, 0.29) is 23.6 Å². The third kappa shape index (κ3) is 6.35. The molecule has 2 N–H and O–H groups in total. The van der Waals surface area contributed by atoms with Gasteiger partial charge >= 0.3 is 12.4 Å². The number of aromatic nitrogens is 4. The van der Waals surface area contributed by atoms with Crippen LogP contribution in [0.15, 0.2) is 42.9 Å². The number of aliphatic hydroxyl groups excluding tert-OH is 1. The zero-order valence-electron chi connectivity index (χ0n) is 20.3. The molecule has 39 heavy (non-hydrogen) atoms. The number of nitrogens with zero attached hydrogens (tertiary/aromatic N) is 5. The number of pyridine rings is 1. The van der Waals surface area contributed by atoms with Crippen LogP contribution in [-0.2, 0) is 12.4 Å². The molecule has 1 fully saturated rings. The number of carbonyl (C=O) groups excluding carboxylic acids is 2. The zero-order valence-corrected chi connectivity index (χ0v) is 20.3. The highest BCUT2D eigenvalue weighted by atomic mass is 19.4. The van der Waals surface area contributed by atoms with Crippen molar-refractivity contribution in [2.24, 2.45) is 0 Å². The summed E-state index contributed by atoms with van der Waals surface area (Å²) in [6.45, 7) is 2.23. The molecule has 1 aliphatic rings. The lowest BCUT2D eigenvalue weighted by atomic mass is 10.0. The number of halogens is 6. The van der Waals surface area contributed by atoms with Crippen molar-refractivity contribution in [3.8, 4) is 5.82 Å². The summed E-state index contributed by atoms with van der Waals surface area (Å²) in [5.74, 6) is -1.16. The molecule has 0 radical (unpaired) electrons. The van der Waals surface area contributed by atoms with Crippen molar-refractivity contribution >= 4 is 11.8 Å². The number of hydrogen-bond acceptors (Lipinski definition) is 6. The van der Waals surface area contributed by atoms with E-state index in [1.807, 2.05) is 0 Å². The van der Waals surface area contributed by atoms with Crippen molar-refractivity contribution < 1.29 is 41.0 Å². The Morgan fingerprint density at radius 2 is 1.59 bits per heavy atom. The van der Waals surface area contributed by atoms with Crippen molar-refractivity contribution in [2.75, 3.05) is 13.1 Å². The van der Waals surface area contributed by atoms with Gasteiger partial charge in [0.25, 0.3) is 11.8 Å². The fourth-order valence-electron chi connectivity index (χ4n) is 4.04. The molecule has 0 bridgehead atoms. The third-order valence-corrected chi connectivity index (χ3v) is 6.12. The van der Waals surface area contributed by atoms with Gasteiger partial charge in [0.2, 0.25) is 0 Å². The van der Waals surface area contributed by atoms with Crippen LogP contribution < -0.4 is 5.32 Å². The molecular weight excluding hydrogens is 534 g/mol. The summed E-state index contributed by atoms with van der Waals surface area (Å²) in [4.78, 5) is 35.2. The van der Waals surface area contributed by atoms with E-state index < -0.39 is 47.1 Å². The minimum atomic E-state index is -5.10. The molecular formula is C24H22F6N6O3. The fourth-order valence-corrected chi connectivity index (χ4v) is 4.04. The predicted molar refractivity (Wildman–Crippen MR) is 123 cm³/mol. The van der Waals surface area contributed by atoms with E-state index in [2.05, 4.69) is 20.4 Å². The SMILES string of the molecule is C[C@H](NC(=O)c1cc(C(F)(F)F)cc(C(F)(F)F)c1)c1ncnn1-c1ccc(C(=O)N2CCC(O)CC2)cn1. The lowest BCUT2D eigenvalue weighted by molar-refractivity contribution is -0.143. The molecule has 0 aliphatic carbocycles. The average Bonchev–Trinajstić information content (AvgIpc) is 3.38. The lowest BCUT2D eigenvalue weighted by Crippen LogP contribution is -2.40. The van der Waals surface area contributed by atoms with E-state index in [1.54, 1.807) is 4.90 Å². The summed E-state index contributed by atoms with van der Waals surface area (Å²) < 4.78 is 80.2. The van der Waals surface area contributed by atoms with E-state index in [9.17, 15) is 41.0 Å². The maximum Gasteiger partial charge on any atom is 0.416 e. The molecule has 4 rings (SSSR count). The number of nitrogens with one attached hydrogen (secondary N) is 1. The Labute approximate surface area is 217 Å². The van der Waals surface area contributed by atoms with Crippen LogP contribution in [0.1, 0.15) is 63.5 Å². The first-order valence-corrected chi connectivity index (χ1v) is 11.7. The molecule has 3 aromatic rings. The smallest absolute Gasteiger partial charge is 0.393 e. The number of hydrogen-bond donors (Lipinski definition) is 2. The Kier molecular flexibility index (Phi) is 7.63. The Morgan fingerprint density at radius 1 is 0.974 bits per heavy atom. The van der Waals surface area contributed by atoms with Gasteiger partial charge in [0.15, 0.2) is 11.6 Å². The van der Waals surface area contributed by atoms with Crippen LogP contribution in [-0.4, -0.2) is 60.8 Å². The number of piperidine rings is 1. The van der Waals surface area contributed by atoms with Crippen molar-refractivity contribution in [3.05, 3.63) is 70.9 Å². The highest BCUT2D eigenvalue weighted by molar-refractivity contribution is 5.95. The van der Waals surface area contributed by atoms with E-state index in [0.29, 0.717) is 43.6 Å². The van der Waals surface area contributed by atoms with Crippen molar-refractivity contribution in [2.45, 2.75) is 44.3 Å². The van der Waals surface area contributed by atoms with Gasteiger partial charge in [-0.25, -0.2) is 9.97 Å². The number of rotatable bonds is 5. The number of alkyl halides is 6. The van der Waals surface area contributed by atoms with Crippen molar-refractivity contribution in [1.29, 1.82) is 0 Å². The zero-order chi connectivity index (χ0) is 28.5. The van der Waals surface area contributed by atoms with Gasteiger partial charge in [-0.15, -0.1) is 0 Å². The minimum absolute atomic E-state index is 0.0639. The molecule has 208 valence electrons. The van der Waals surface area contributed by atoms with E-state index in [0.717, 1.165) is 6.33 Å². The topological polar surface area (TPSA) is 113 Å². The predicted octanol–water partition coefficient (Wildman–Crippen LogP) is 3.79. The summed E-state index contributed by atoms with van der Waals surface area (Å²) in [5, 5.41) is 16.0. The monoisotopic (exact) mass is 556 g/mol. The van der Waals surface area contributed by atoms with Gasteiger partial charge in [0.05, 0.1) is 28.8 Å². The normalized spacial score (nSPS) is 15.7. The summed E-state index contributed by atoms with van der Waals surface area (Å²) in [5.41, 5.74) is -3.76. The van der Waals surface area contributed by atoms with Gasteiger partial charge in [-0.1, -0.05) is 0 Å². The molecule has 1 saturated heterocycles. The van der Waals surface area contributed by atoms with Crippen LogP contribution in [0.25, 0.3) is 5.82 Å². The van der Waals surface area contributed by atoms with Crippen LogP contribution in [0, 0.1) is 0 Å². The molecule has 9 nitrogen and oxygen atoms in total. The second kappa shape index (κ2) is 10.6. The molecule has 0 saturated carbocycles. The lowest BCUT2D eigenvalue weighted by Gasteiger charge is -2.29. The maximum atomic E-state index is 13.2. The van der Waals surface area contributed by atoms with E-state index in [4.69, 9.17) is 0 Å². The molecule has 1 atom stereocenters.